The molecule has 1 aromatic heterocycles. The van der Waals surface area contributed by atoms with Gasteiger partial charge < -0.3 is 10.2 Å². The molecule has 1 aromatic rings. The minimum atomic E-state index is 0.670. The second-order valence-electron chi connectivity index (χ2n) is 4.89. The topological polar surface area (TPSA) is 41.0 Å². The predicted molar refractivity (Wildman–Crippen MR) is 63.5 cm³/mol. The zero-order valence-corrected chi connectivity index (χ0v) is 9.69. The van der Waals surface area contributed by atoms with Gasteiger partial charge in [0.1, 0.15) is 12.1 Å². The van der Waals surface area contributed by atoms with E-state index in [0.717, 1.165) is 30.5 Å². The maximum atomic E-state index is 4.37. The maximum absolute atomic E-state index is 4.37. The van der Waals surface area contributed by atoms with Crippen LogP contribution in [0.25, 0.3) is 0 Å². The highest BCUT2D eigenvalue weighted by molar-refractivity contribution is 5.41. The van der Waals surface area contributed by atoms with Crippen molar-refractivity contribution >= 4 is 5.82 Å². The molecule has 0 aliphatic carbocycles. The van der Waals surface area contributed by atoms with Crippen molar-refractivity contribution in [2.75, 3.05) is 24.5 Å². The average molecular weight is 218 g/mol. The van der Waals surface area contributed by atoms with Gasteiger partial charge in [-0.15, -0.1) is 0 Å². The Morgan fingerprint density at radius 1 is 1.38 bits per heavy atom. The molecule has 4 nitrogen and oxygen atoms in total. The van der Waals surface area contributed by atoms with Gasteiger partial charge in [0.05, 0.1) is 0 Å². The summed E-state index contributed by atoms with van der Waals surface area (Å²) in [5, 5.41) is 3.61. The molecule has 0 spiro atoms. The van der Waals surface area contributed by atoms with E-state index in [1.54, 1.807) is 6.33 Å². The highest BCUT2D eigenvalue weighted by Crippen LogP contribution is 2.27. The molecule has 0 saturated carbocycles. The zero-order valence-electron chi connectivity index (χ0n) is 9.69. The second-order valence-corrected chi connectivity index (χ2v) is 4.89. The fourth-order valence-corrected chi connectivity index (χ4v) is 2.85. The van der Waals surface area contributed by atoms with E-state index < -0.39 is 0 Å². The highest BCUT2D eigenvalue weighted by atomic mass is 15.2. The number of fused-ring (bicyclic) bond motifs is 1. The Labute approximate surface area is 96.1 Å². The third kappa shape index (κ3) is 1.78. The Bertz CT molecular complexity index is 365. The van der Waals surface area contributed by atoms with Gasteiger partial charge >= 0.3 is 0 Å². The molecule has 4 heteroatoms. The van der Waals surface area contributed by atoms with Gasteiger partial charge in [-0.25, -0.2) is 9.97 Å². The van der Waals surface area contributed by atoms with Gasteiger partial charge in [-0.3, -0.25) is 0 Å². The van der Waals surface area contributed by atoms with Gasteiger partial charge in [-0.1, -0.05) is 0 Å². The Kier molecular flexibility index (Phi) is 2.52. The number of anilines is 1. The lowest BCUT2D eigenvalue weighted by Crippen LogP contribution is -2.40. The van der Waals surface area contributed by atoms with Crippen LogP contribution in [-0.2, 0) is 0 Å². The van der Waals surface area contributed by atoms with Crippen molar-refractivity contribution < 1.29 is 0 Å². The molecule has 2 atom stereocenters. The molecular weight excluding hydrogens is 200 g/mol. The number of hydrogen-bond donors (Lipinski definition) is 1. The first kappa shape index (κ1) is 10.0. The van der Waals surface area contributed by atoms with Crippen molar-refractivity contribution in [3.8, 4) is 0 Å². The Morgan fingerprint density at radius 3 is 3.12 bits per heavy atom. The van der Waals surface area contributed by atoms with Crippen LogP contribution in [0.3, 0.4) is 0 Å². The minimum Gasteiger partial charge on any atom is -0.355 e. The monoisotopic (exact) mass is 218 g/mol. The molecule has 0 bridgehead atoms. The summed E-state index contributed by atoms with van der Waals surface area (Å²) < 4.78 is 0. The van der Waals surface area contributed by atoms with Gasteiger partial charge in [0.25, 0.3) is 0 Å². The van der Waals surface area contributed by atoms with E-state index in [1.807, 2.05) is 6.92 Å². The first-order valence-electron chi connectivity index (χ1n) is 6.10. The number of piperidine rings is 1. The van der Waals surface area contributed by atoms with E-state index in [9.17, 15) is 0 Å². The summed E-state index contributed by atoms with van der Waals surface area (Å²) >= 11 is 0. The normalized spacial score (nSPS) is 29.2. The number of nitrogens with zero attached hydrogens (tertiary/aromatic N) is 3. The fourth-order valence-electron chi connectivity index (χ4n) is 2.85. The molecule has 0 unspecified atom stereocenters. The molecule has 2 fully saturated rings. The molecule has 2 aliphatic heterocycles. The third-order valence-corrected chi connectivity index (χ3v) is 3.71. The Morgan fingerprint density at radius 2 is 2.31 bits per heavy atom. The summed E-state index contributed by atoms with van der Waals surface area (Å²) in [7, 11) is 0. The van der Waals surface area contributed by atoms with Crippen LogP contribution in [0.1, 0.15) is 18.5 Å². The van der Waals surface area contributed by atoms with Crippen molar-refractivity contribution in [2.45, 2.75) is 25.8 Å². The Hall–Kier alpha value is -1.16. The van der Waals surface area contributed by atoms with Crippen molar-refractivity contribution in [3.05, 3.63) is 18.1 Å². The van der Waals surface area contributed by atoms with Gasteiger partial charge in [-0.2, -0.15) is 0 Å². The summed E-state index contributed by atoms with van der Waals surface area (Å²) in [4.78, 5) is 10.9. The van der Waals surface area contributed by atoms with E-state index in [1.165, 1.54) is 19.4 Å². The smallest absolute Gasteiger partial charge is 0.132 e. The molecular formula is C12H18N4. The van der Waals surface area contributed by atoms with E-state index in [0.29, 0.717) is 6.04 Å². The second kappa shape index (κ2) is 4.01. The molecule has 0 aromatic carbocycles. The molecule has 3 heterocycles. The van der Waals surface area contributed by atoms with Gasteiger partial charge in [0.15, 0.2) is 0 Å². The molecule has 2 saturated heterocycles. The van der Waals surface area contributed by atoms with Crippen LogP contribution in [0.4, 0.5) is 5.82 Å². The van der Waals surface area contributed by atoms with Gasteiger partial charge in [0.2, 0.25) is 0 Å². The lowest BCUT2D eigenvalue weighted by molar-refractivity contribution is 0.340. The number of nitrogens with one attached hydrogen (secondary N) is 1. The summed E-state index contributed by atoms with van der Waals surface area (Å²) in [6.07, 6.45) is 4.34. The first-order valence-corrected chi connectivity index (χ1v) is 6.10. The van der Waals surface area contributed by atoms with E-state index in [4.69, 9.17) is 0 Å². The molecule has 16 heavy (non-hydrogen) atoms. The van der Waals surface area contributed by atoms with Crippen LogP contribution in [0.15, 0.2) is 12.4 Å². The van der Waals surface area contributed by atoms with Crippen molar-refractivity contribution in [1.29, 1.82) is 0 Å². The van der Waals surface area contributed by atoms with Crippen molar-refractivity contribution in [3.63, 3.8) is 0 Å². The quantitative estimate of drug-likeness (QED) is 0.762. The fraction of sp³-hybridized carbons (Fsp3) is 0.667. The number of aryl methyl sites for hydroxylation is 1. The first-order chi connectivity index (χ1) is 7.83. The predicted octanol–water partition coefficient (Wildman–Crippen LogP) is 0.973. The number of hydrogen-bond acceptors (Lipinski definition) is 4. The summed E-state index contributed by atoms with van der Waals surface area (Å²) in [5.41, 5.74) is 1.05. The molecule has 2 aliphatic rings. The SMILES string of the molecule is Cc1cc(N2C[C@@H]3CCCN[C@@H]3C2)ncn1. The largest absolute Gasteiger partial charge is 0.355 e. The van der Waals surface area contributed by atoms with Gasteiger partial charge in [-0.05, 0) is 32.2 Å². The summed E-state index contributed by atoms with van der Waals surface area (Å²) in [6.45, 7) is 5.44. The standard InChI is InChI=1S/C12H18N4/c1-9-5-12(15-8-14-9)16-6-10-3-2-4-13-11(10)7-16/h5,8,10-11,13H,2-4,6-7H2,1H3/t10-,11+/m0/s1. The lowest BCUT2D eigenvalue weighted by Gasteiger charge is -2.24. The van der Waals surface area contributed by atoms with Gasteiger partial charge in [0, 0.05) is 30.9 Å². The van der Waals surface area contributed by atoms with E-state index >= 15 is 0 Å². The molecule has 1 N–H and O–H groups in total. The Balaban J connectivity index is 1.77. The lowest BCUT2D eigenvalue weighted by atomic mass is 9.94. The molecule has 0 amide bonds. The van der Waals surface area contributed by atoms with Crippen molar-refractivity contribution in [2.24, 2.45) is 5.92 Å². The van der Waals surface area contributed by atoms with Crippen LogP contribution >= 0.6 is 0 Å². The third-order valence-electron chi connectivity index (χ3n) is 3.71. The summed E-state index contributed by atoms with van der Waals surface area (Å²) in [5.74, 6) is 1.90. The van der Waals surface area contributed by atoms with Crippen LogP contribution < -0.4 is 10.2 Å². The minimum absolute atomic E-state index is 0.670. The van der Waals surface area contributed by atoms with Crippen LogP contribution in [0, 0.1) is 12.8 Å². The average Bonchev–Trinajstić information content (AvgIpc) is 2.72. The molecule has 0 radical (unpaired) electrons. The van der Waals surface area contributed by atoms with Crippen LogP contribution in [-0.4, -0.2) is 35.6 Å². The molecule has 3 rings (SSSR count). The number of aromatic nitrogens is 2. The highest BCUT2D eigenvalue weighted by Gasteiger charge is 2.34. The molecule has 86 valence electrons. The van der Waals surface area contributed by atoms with Crippen LogP contribution in [0.2, 0.25) is 0 Å². The van der Waals surface area contributed by atoms with Crippen molar-refractivity contribution in [1.82, 2.24) is 15.3 Å². The number of rotatable bonds is 1. The van der Waals surface area contributed by atoms with Crippen LogP contribution in [0.5, 0.6) is 0 Å². The maximum Gasteiger partial charge on any atom is 0.132 e. The zero-order chi connectivity index (χ0) is 11.0. The van der Waals surface area contributed by atoms with E-state index in [2.05, 4.69) is 26.3 Å². The van der Waals surface area contributed by atoms with E-state index in [-0.39, 0.29) is 0 Å². The summed E-state index contributed by atoms with van der Waals surface area (Å²) in [6, 6.07) is 2.75.